The Morgan fingerprint density at radius 1 is 0.852 bits per heavy atom. The standard InChI is InChI=1S/C23H23NO3/c1-16-13-14-20(15-17(16)2)26-18(3)23(25)24-21-11-7-8-12-22(21)27-19-9-5-4-6-10-19/h4-15,18H,1-3H3,(H,24,25)/t18-/m0/s1. The first kappa shape index (κ1) is 18.5. The first-order valence-electron chi connectivity index (χ1n) is 8.89. The molecule has 1 atom stereocenters. The van der Waals surface area contributed by atoms with Gasteiger partial charge in [0.05, 0.1) is 5.69 Å². The molecule has 1 N–H and O–H groups in total. The summed E-state index contributed by atoms with van der Waals surface area (Å²) in [6.07, 6.45) is -0.642. The van der Waals surface area contributed by atoms with Crippen molar-refractivity contribution in [2.45, 2.75) is 26.9 Å². The maximum atomic E-state index is 12.6. The zero-order valence-corrected chi connectivity index (χ0v) is 15.7. The van der Waals surface area contributed by atoms with E-state index >= 15 is 0 Å². The number of amides is 1. The molecule has 27 heavy (non-hydrogen) atoms. The molecule has 0 saturated heterocycles. The molecule has 0 bridgehead atoms. The molecule has 138 valence electrons. The van der Waals surface area contributed by atoms with E-state index in [4.69, 9.17) is 9.47 Å². The Labute approximate surface area is 159 Å². The minimum Gasteiger partial charge on any atom is -0.481 e. The van der Waals surface area contributed by atoms with E-state index in [0.717, 1.165) is 5.56 Å². The summed E-state index contributed by atoms with van der Waals surface area (Å²) >= 11 is 0. The number of carbonyl (C=O) groups excluding carboxylic acids is 1. The number of hydrogen-bond donors (Lipinski definition) is 1. The van der Waals surface area contributed by atoms with E-state index in [2.05, 4.69) is 5.32 Å². The fraction of sp³-hybridized carbons (Fsp3) is 0.174. The smallest absolute Gasteiger partial charge is 0.265 e. The minimum atomic E-state index is -0.642. The molecule has 1 amide bonds. The van der Waals surface area contributed by atoms with Crippen molar-refractivity contribution in [1.29, 1.82) is 0 Å². The maximum absolute atomic E-state index is 12.6. The first-order valence-corrected chi connectivity index (χ1v) is 8.89. The van der Waals surface area contributed by atoms with Gasteiger partial charge in [-0.3, -0.25) is 4.79 Å². The third kappa shape index (κ3) is 4.88. The molecule has 0 spiro atoms. The van der Waals surface area contributed by atoms with Crippen LogP contribution in [0.25, 0.3) is 0 Å². The summed E-state index contributed by atoms with van der Waals surface area (Å²) in [6, 6.07) is 22.6. The van der Waals surface area contributed by atoms with Gasteiger partial charge in [0.1, 0.15) is 11.5 Å². The fourth-order valence-corrected chi connectivity index (χ4v) is 2.55. The van der Waals surface area contributed by atoms with E-state index in [-0.39, 0.29) is 5.91 Å². The van der Waals surface area contributed by atoms with Crippen LogP contribution in [-0.4, -0.2) is 12.0 Å². The van der Waals surface area contributed by atoms with Crippen molar-refractivity contribution in [3.05, 3.63) is 83.9 Å². The zero-order valence-electron chi connectivity index (χ0n) is 15.7. The molecule has 0 saturated carbocycles. The fourth-order valence-electron chi connectivity index (χ4n) is 2.55. The highest BCUT2D eigenvalue weighted by Gasteiger charge is 2.17. The molecule has 0 aliphatic heterocycles. The molecule has 0 fully saturated rings. The lowest BCUT2D eigenvalue weighted by Gasteiger charge is -2.17. The first-order chi connectivity index (χ1) is 13.0. The van der Waals surface area contributed by atoms with Gasteiger partial charge in [0, 0.05) is 0 Å². The Balaban J connectivity index is 1.69. The number of anilines is 1. The van der Waals surface area contributed by atoms with E-state index in [1.807, 2.05) is 80.6 Å². The zero-order chi connectivity index (χ0) is 19.2. The quantitative estimate of drug-likeness (QED) is 0.630. The van der Waals surface area contributed by atoms with Gasteiger partial charge < -0.3 is 14.8 Å². The van der Waals surface area contributed by atoms with Crippen LogP contribution in [0.4, 0.5) is 5.69 Å². The molecule has 4 heteroatoms. The largest absolute Gasteiger partial charge is 0.481 e. The van der Waals surface area contributed by atoms with Crippen LogP contribution in [-0.2, 0) is 4.79 Å². The lowest BCUT2D eigenvalue weighted by Crippen LogP contribution is -2.30. The van der Waals surface area contributed by atoms with Crippen molar-refractivity contribution >= 4 is 11.6 Å². The molecule has 3 aromatic rings. The number of benzene rings is 3. The Kier molecular flexibility index (Phi) is 5.77. The average molecular weight is 361 g/mol. The van der Waals surface area contributed by atoms with Gasteiger partial charge in [-0.25, -0.2) is 0 Å². The topological polar surface area (TPSA) is 47.6 Å². The molecule has 0 aromatic heterocycles. The Morgan fingerprint density at radius 3 is 2.30 bits per heavy atom. The van der Waals surface area contributed by atoms with E-state index in [1.54, 1.807) is 13.0 Å². The van der Waals surface area contributed by atoms with E-state index in [1.165, 1.54) is 5.56 Å². The van der Waals surface area contributed by atoms with E-state index in [0.29, 0.717) is 22.9 Å². The Morgan fingerprint density at radius 2 is 1.56 bits per heavy atom. The maximum Gasteiger partial charge on any atom is 0.265 e. The van der Waals surface area contributed by atoms with Gasteiger partial charge >= 0.3 is 0 Å². The van der Waals surface area contributed by atoms with Gasteiger partial charge in [-0.2, -0.15) is 0 Å². The average Bonchev–Trinajstić information content (AvgIpc) is 2.67. The highest BCUT2D eigenvalue weighted by Crippen LogP contribution is 2.29. The molecule has 0 unspecified atom stereocenters. The second-order valence-electron chi connectivity index (χ2n) is 6.41. The van der Waals surface area contributed by atoms with Crippen molar-refractivity contribution < 1.29 is 14.3 Å². The molecular weight excluding hydrogens is 338 g/mol. The van der Waals surface area contributed by atoms with Gasteiger partial charge in [-0.1, -0.05) is 36.4 Å². The number of hydrogen-bond acceptors (Lipinski definition) is 3. The Hall–Kier alpha value is -3.27. The highest BCUT2D eigenvalue weighted by atomic mass is 16.5. The predicted octanol–water partition coefficient (Wildman–Crippen LogP) is 5.50. The summed E-state index contributed by atoms with van der Waals surface area (Å²) in [5.74, 6) is 1.72. The van der Waals surface area contributed by atoms with Crippen molar-refractivity contribution in [2.75, 3.05) is 5.32 Å². The van der Waals surface area contributed by atoms with Gasteiger partial charge in [0.25, 0.3) is 5.91 Å². The van der Waals surface area contributed by atoms with Crippen LogP contribution >= 0.6 is 0 Å². The molecule has 0 radical (unpaired) electrons. The molecule has 3 rings (SSSR count). The van der Waals surface area contributed by atoms with Crippen LogP contribution in [0.15, 0.2) is 72.8 Å². The highest BCUT2D eigenvalue weighted by molar-refractivity contribution is 5.95. The van der Waals surface area contributed by atoms with Crippen molar-refractivity contribution in [1.82, 2.24) is 0 Å². The normalized spacial score (nSPS) is 11.5. The SMILES string of the molecule is Cc1ccc(O[C@@H](C)C(=O)Nc2ccccc2Oc2ccccc2)cc1C. The summed E-state index contributed by atoms with van der Waals surface area (Å²) in [5.41, 5.74) is 2.91. The second-order valence-corrected chi connectivity index (χ2v) is 6.41. The summed E-state index contributed by atoms with van der Waals surface area (Å²) in [6.45, 7) is 5.79. The molecule has 0 heterocycles. The number of para-hydroxylation sites is 3. The van der Waals surface area contributed by atoms with Gasteiger partial charge in [-0.05, 0) is 68.3 Å². The minimum absolute atomic E-state index is 0.239. The summed E-state index contributed by atoms with van der Waals surface area (Å²) < 4.78 is 11.7. The van der Waals surface area contributed by atoms with Crippen molar-refractivity contribution in [2.24, 2.45) is 0 Å². The second kappa shape index (κ2) is 8.41. The lowest BCUT2D eigenvalue weighted by molar-refractivity contribution is -0.122. The molecule has 0 aliphatic carbocycles. The lowest BCUT2D eigenvalue weighted by atomic mass is 10.1. The molecule has 4 nitrogen and oxygen atoms in total. The third-order valence-electron chi connectivity index (χ3n) is 4.28. The van der Waals surface area contributed by atoms with Crippen LogP contribution in [0.3, 0.4) is 0 Å². The van der Waals surface area contributed by atoms with Crippen LogP contribution in [0, 0.1) is 13.8 Å². The van der Waals surface area contributed by atoms with Crippen molar-refractivity contribution in [3.8, 4) is 17.2 Å². The van der Waals surface area contributed by atoms with Crippen LogP contribution in [0.5, 0.6) is 17.2 Å². The number of carbonyl (C=O) groups is 1. The number of aryl methyl sites for hydroxylation is 2. The monoisotopic (exact) mass is 361 g/mol. The molecular formula is C23H23NO3. The molecule has 0 aliphatic rings. The number of ether oxygens (including phenoxy) is 2. The van der Waals surface area contributed by atoms with E-state index < -0.39 is 6.10 Å². The number of nitrogens with one attached hydrogen (secondary N) is 1. The third-order valence-corrected chi connectivity index (χ3v) is 4.28. The van der Waals surface area contributed by atoms with Crippen LogP contribution < -0.4 is 14.8 Å². The summed E-state index contributed by atoms with van der Waals surface area (Å²) in [5, 5.41) is 2.89. The van der Waals surface area contributed by atoms with E-state index in [9.17, 15) is 4.79 Å². The summed E-state index contributed by atoms with van der Waals surface area (Å²) in [7, 11) is 0. The summed E-state index contributed by atoms with van der Waals surface area (Å²) in [4.78, 5) is 12.6. The van der Waals surface area contributed by atoms with Gasteiger partial charge in [-0.15, -0.1) is 0 Å². The number of rotatable bonds is 6. The van der Waals surface area contributed by atoms with Crippen LogP contribution in [0.2, 0.25) is 0 Å². The Bertz CT molecular complexity index is 922. The van der Waals surface area contributed by atoms with Gasteiger partial charge in [0.2, 0.25) is 0 Å². The predicted molar refractivity (Wildman–Crippen MR) is 108 cm³/mol. The van der Waals surface area contributed by atoms with Crippen molar-refractivity contribution in [3.63, 3.8) is 0 Å². The van der Waals surface area contributed by atoms with Crippen LogP contribution in [0.1, 0.15) is 18.1 Å². The van der Waals surface area contributed by atoms with Gasteiger partial charge in [0.15, 0.2) is 11.9 Å². The molecule has 3 aromatic carbocycles.